The molecule has 1 aromatic rings. The molecule has 0 aliphatic carbocycles. The van der Waals surface area contributed by atoms with Crippen LogP contribution in [0.4, 0.5) is 0 Å². The van der Waals surface area contributed by atoms with E-state index < -0.39 is 0 Å². The number of hydrogen-bond acceptors (Lipinski definition) is 4. The third-order valence-electron chi connectivity index (χ3n) is 3.17. The van der Waals surface area contributed by atoms with Crippen LogP contribution in [0, 0.1) is 6.92 Å². The van der Waals surface area contributed by atoms with Crippen LogP contribution in [0.2, 0.25) is 0 Å². The number of ether oxygens (including phenoxy) is 1. The number of aliphatic hydroxyl groups excluding tert-OH is 1. The number of aromatic nitrogens is 1. The molecule has 0 amide bonds. The number of pyridine rings is 1. The first-order valence-electron chi connectivity index (χ1n) is 7.87. The van der Waals surface area contributed by atoms with Crippen molar-refractivity contribution >= 4 is 0 Å². The minimum absolute atomic E-state index is 0.0625. The van der Waals surface area contributed by atoms with Gasteiger partial charge >= 0.3 is 0 Å². The van der Waals surface area contributed by atoms with Gasteiger partial charge in [-0.1, -0.05) is 6.42 Å². The van der Waals surface area contributed by atoms with E-state index in [4.69, 9.17) is 9.84 Å². The lowest BCUT2D eigenvalue weighted by molar-refractivity contribution is 0.272. The molecule has 0 fully saturated rings. The van der Waals surface area contributed by atoms with E-state index in [1.807, 2.05) is 19.1 Å². The maximum absolute atomic E-state index is 8.74. The zero-order valence-corrected chi connectivity index (χ0v) is 13.9. The van der Waals surface area contributed by atoms with Crippen molar-refractivity contribution in [3.05, 3.63) is 23.5 Å². The van der Waals surface area contributed by atoms with Crippen molar-refractivity contribution in [2.45, 2.75) is 65.5 Å². The van der Waals surface area contributed by atoms with Crippen LogP contribution in [0.25, 0.3) is 0 Å². The van der Waals surface area contributed by atoms with Crippen LogP contribution >= 0.6 is 0 Å². The van der Waals surface area contributed by atoms with Crippen molar-refractivity contribution in [3.63, 3.8) is 0 Å². The molecule has 0 aromatic carbocycles. The largest absolute Gasteiger partial charge is 0.492 e. The molecule has 1 rings (SSSR count). The van der Waals surface area contributed by atoms with Gasteiger partial charge in [-0.05, 0) is 59.1 Å². The Kier molecular flexibility index (Phi) is 7.68. The predicted molar refractivity (Wildman–Crippen MR) is 86.6 cm³/mol. The molecule has 2 N–H and O–H groups in total. The minimum atomic E-state index is 0.0625. The standard InChI is InChI=1S/C17H30N2O2/c1-14-9-10-16(21-12-8-6-5-7-11-20)15(19-14)13-18-17(2,3)4/h9-10,18,20H,5-8,11-13H2,1-4H3. The third kappa shape index (κ3) is 8.02. The molecular formula is C17H30N2O2. The first kappa shape index (κ1) is 17.9. The highest BCUT2D eigenvalue weighted by atomic mass is 16.5. The Labute approximate surface area is 128 Å². The number of unbranched alkanes of at least 4 members (excludes halogenated alkanes) is 3. The molecule has 1 aromatic heterocycles. The molecule has 0 bridgehead atoms. The van der Waals surface area contributed by atoms with Crippen molar-refractivity contribution in [1.29, 1.82) is 0 Å². The van der Waals surface area contributed by atoms with Gasteiger partial charge in [0.05, 0.1) is 12.3 Å². The van der Waals surface area contributed by atoms with Gasteiger partial charge in [0.25, 0.3) is 0 Å². The van der Waals surface area contributed by atoms with E-state index in [1.165, 1.54) is 0 Å². The van der Waals surface area contributed by atoms with Gasteiger partial charge in [-0.15, -0.1) is 0 Å². The number of hydrogen-bond donors (Lipinski definition) is 2. The Balaban J connectivity index is 2.48. The molecule has 120 valence electrons. The second-order valence-electron chi connectivity index (χ2n) is 6.49. The molecule has 4 heteroatoms. The molecule has 0 saturated carbocycles. The van der Waals surface area contributed by atoms with Gasteiger partial charge < -0.3 is 15.2 Å². The fourth-order valence-electron chi connectivity index (χ4n) is 1.95. The highest BCUT2D eigenvalue weighted by Crippen LogP contribution is 2.18. The van der Waals surface area contributed by atoms with Crippen molar-refractivity contribution in [2.75, 3.05) is 13.2 Å². The van der Waals surface area contributed by atoms with Gasteiger partial charge in [0, 0.05) is 24.4 Å². The zero-order valence-electron chi connectivity index (χ0n) is 13.9. The smallest absolute Gasteiger partial charge is 0.142 e. The quantitative estimate of drug-likeness (QED) is 0.687. The Morgan fingerprint density at radius 2 is 1.86 bits per heavy atom. The van der Waals surface area contributed by atoms with Crippen LogP contribution < -0.4 is 10.1 Å². The van der Waals surface area contributed by atoms with Gasteiger partial charge in [0.15, 0.2) is 0 Å². The van der Waals surface area contributed by atoms with Crippen LogP contribution in [-0.2, 0) is 6.54 Å². The zero-order chi connectivity index (χ0) is 15.7. The van der Waals surface area contributed by atoms with Crippen molar-refractivity contribution < 1.29 is 9.84 Å². The molecule has 4 nitrogen and oxygen atoms in total. The summed E-state index contributed by atoms with van der Waals surface area (Å²) in [6, 6.07) is 4.00. The van der Waals surface area contributed by atoms with E-state index in [0.717, 1.165) is 42.8 Å². The lowest BCUT2D eigenvalue weighted by Crippen LogP contribution is -2.35. The van der Waals surface area contributed by atoms with E-state index in [9.17, 15) is 0 Å². The fourth-order valence-corrected chi connectivity index (χ4v) is 1.95. The summed E-state index contributed by atoms with van der Waals surface area (Å²) < 4.78 is 5.87. The first-order valence-corrected chi connectivity index (χ1v) is 7.87. The van der Waals surface area contributed by atoms with Crippen LogP contribution in [0.5, 0.6) is 5.75 Å². The molecule has 0 aliphatic heterocycles. The summed E-state index contributed by atoms with van der Waals surface area (Å²) in [6.45, 7) is 10.1. The summed E-state index contributed by atoms with van der Waals surface area (Å²) in [5.41, 5.74) is 2.05. The molecule has 1 heterocycles. The number of nitrogens with zero attached hydrogens (tertiary/aromatic N) is 1. The van der Waals surface area contributed by atoms with E-state index in [0.29, 0.717) is 13.2 Å². The molecular weight excluding hydrogens is 264 g/mol. The normalized spacial score (nSPS) is 11.7. The summed E-state index contributed by atoms with van der Waals surface area (Å²) in [6.07, 6.45) is 4.05. The number of nitrogens with one attached hydrogen (secondary N) is 1. The molecule has 0 spiro atoms. The van der Waals surface area contributed by atoms with E-state index >= 15 is 0 Å². The van der Waals surface area contributed by atoms with Crippen LogP contribution in [0.15, 0.2) is 12.1 Å². The van der Waals surface area contributed by atoms with Crippen molar-refractivity contribution in [2.24, 2.45) is 0 Å². The van der Waals surface area contributed by atoms with Crippen LogP contribution in [0.3, 0.4) is 0 Å². The minimum Gasteiger partial charge on any atom is -0.492 e. The maximum atomic E-state index is 8.74. The molecule has 0 radical (unpaired) electrons. The van der Waals surface area contributed by atoms with Gasteiger partial charge in [0.1, 0.15) is 5.75 Å². The van der Waals surface area contributed by atoms with Gasteiger partial charge in [-0.3, -0.25) is 4.98 Å². The molecule has 0 saturated heterocycles. The van der Waals surface area contributed by atoms with Crippen LogP contribution in [-0.4, -0.2) is 28.8 Å². The Hall–Kier alpha value is -1.13. The number of aryl methyl sites for hydroxylation is 1. The van der Waals surface area contributed by atoms with Crippen molar-refractivity contribution in [3.8, 4) is 5.75 Å². The topological polar surface area (TPSA) is 54.4 Å². The highest BCUT2D eigenvalue weighted by Gasteiger charge is 2.12. The lowest BCUT2D eigenvalue weighted by Gasteiger charge is -2.21. The van der Waals surface area contributed by atoms with Crippen molar-refractivity contribution in [1.82, 2.24) is 10.3 Å². The molecule has 0 atom stereocenters. The highest BCUT2D eigenvalue weighted by molar-refractivity contribution is 5.29. The number of aliphatic hydroxyl groups is 1. The summed E-state index contributed by atoms with van der Waals surface area (Å²) in [5, 5.41) is 12.2. The monoisotopic (exact) mass is 294 g/mol. The SMILES string of the molecule is Cc1ccc(OCCCCCCO)c(CNC(C)(C)C)n1. The fraction of sp³-hybridized carbons (Fsp3) is 0.706. The molecule has 0 aliphatic rings. The molecule has 0 unspecified atom stereocenters. The summed E-state index contributed by atoms with van der Waals surface area (Å²) >= 11 is 0. The number of rotatable bonds is 9. The van der Waals surface area contributed by atoms with Gasteiger partial charge in [-0.2, -0.15) is 0 Å². The average Bonchev–Trinajstić information content (AvgIpc) is 2.41. The summed E-state index contributed by atoms with van der Waals surface area (Å²) in [4.78, 5) is 4.58. The third-order valence-corrected chi connectivity index (χ3v) is 3.17. The Morgan fingerprint density at radius 1 is 1.14 bits per heavy atom. The Morgan fingerprint density at radius 3 is 2.52 bits per heavy atom. The average molecular weight is 294 g/mol. The van der Waals surface area contributed by atoms with Crippen LogP contribution in [0.1, 0.15) is 57.8 Å². The predicted octanol–water partition coefficient (Wildman–Crippen LogP) is 3.21. The summed E-state index contributed by atoms with van der Waals surface area (Å²) in [5.74, 6) is 0.875. The molecule has 21 heavy (non-hydrogen) atoms. The Bertz CT molecular complexity index is 414. The van der Waals surface area contributed by atoms with E-state index in [-0.39, 0.29) is 12.1 Å². The summed E-state index contributed by atoms with van der Waals surface area (Å²) in [7, 11) is 0. The van der Waals surface area contributed by atoms with E-state index in [2.05, 4.69) is 31.1 Å². The maximum Gasteiger partial charge on any atom is 0.142 e. The second-order valence-corrected chi connectivity index (χ2v) is 6.49. The van der Waals surface area contributed by atoms with E-state index in [1.54, 1.807) is 0 Å². The first-order chi connectivity index (χ1) is 9.92. The van der Waals surface area contributed by atoms with Gasteiger partial charge in [0.2, 0.25) is 0 Å². The lowest BCUT2D eigenvalue weighted by atomic mass is 10.1. The van der Waals surface area contributed by atoms with Gasteiger partial charge in [-0.25, -0.2) is 0 Å². The second kappa shape index (κ2) is 9.00.